The molecule has 0 atom stereocenters. The normalized spacial score (nSPS) is 10.9. The van der Waals surface area contributed by atoms with Crippen LogP contribution in [0, 0.1) is 0 Å². The highest BCUT2D eigenvalue weighted by atomic mass is 35.5. The van der Waals surface area contributed by atoms with Crippen LogP contribution < -0.4 is 0 Å². The fourth-order valence-corrected chi connectivity index (χ4v) is 3.29. The summed E-state index contributed by atoms with van der Waals surface area (Å²) in [6.45, 7) is 10.6. The third kappa shape index (κ3) is 4.66. The molecule has 0 aromatic heterocycles. The Balaban J connectivity index is 2.26. The van der Waals surface area contributed by atoms with Crippen molar-refractivity contribution in [2.45, 2.75) is 42.9 Å². The van der Waals surface area contributed by atoms with Gasteiger partial charge in [0.2, 0.25) is 0 Å². The smallest absolute Gasteiger partial charge is 0.0406 e. The summed E-state index contributed by atoms with van der Waals surface area (Å²) in [6.07, 6.45) is 0.958. The average Bonchev–Trinajstić information content (AvgIpc) is 2.42. The van der Waals surface area contributed by atoms with Crippen molar-refractivity contribution in [3.8, 4) is 0 Å². The molecule has 0 unspecified atom stereocenters. The summed E-state index contributed by atoms with van der Waals surface area (Å²) >= 11 is 7.71. The molecule has 0 aliphatic carbocycles. The van der Waals surface area contributed by atoms with Gasteiger partial charge < -0.3 is 0 Å². The van der Waals surface area contributed by atoms with Crippen LogP contribution in [0.5, 0.6) is 0 Å². The van der Waals surface area contributed by atoms with Gasteiger partial charge in [-0.1, -0.05) is 55.4 Å². The molecule has 0 saturated carbocycles. The molecule has 2 aromatic carbocycles. The molecule has 21 heavy (non-hydrogen) atoms. The van der Waals surface area contributed by atoms with Gasteiger partial charge in [0.25, 0.3) is 0 Å². The van der Waals surface area contributed by atoms with Gasteiger partial charge in [0.05, 0.1) is 0 Å². The third-order valence-electron chi connectivity index (χ3n) is 3.28. The molecule has 2 heteroatoms. The molecule has 0 nitrogen and oxygen atoms in total. The van der Waals surface area contributed by atoms with Crippen molar-refractivity contribution in [2.24, 2.45) is 0 Å². The second-order valence-corrected chi connectivity index (χ2v) is 7.29. The Bertz CT molecular complexity index is 627. The minimum atomic E-state index is 0.519. The van der Waals surface area contributed by atoms with Gasteiger partial charge in [0.15, 0.2) is 0 Å². The van der Waals surface area contributed by atoms with Gasteiger partial charge in [-0.15, -0.1) is 0 Å². The highest BCUT2D eigenvalue weighted by Gasteiger charge is 2.09. The van der Waals surface area contributed by atoms with E-state index in [2.05, 4.69) is 57.7 Å². The van der Waals surface area contributed by atoms with Gasteiger partial charge in [0, 0.05) is 14.8 Å². The predicted molar refractivity (Wildman–Crippen MR) is 94.6 cm³/mol. The Kier molecular flexibility index (Phi) is 5.55. The fraction of sp³-hybridized carbons (Fsp3) is 0.263. The van der Waals surface area contributed by atoms with E-state index in [1.807, 2.05) is 12.1 Å². The minimum Gasteiger partial charge on any atom is -0.0998 e. The van der Waals surface area contributed by atoms with Crippen LogP contribution in [-0.2, 0) is 6.42 Å². The van der Waals surface area contributed by atoms with E-state index in [0.717, 1.165) is 11.4 Å². The van der Waals surface area contributed by atoms with Crippen molar-refractivity contribution in [2.75, 3.05) is 0 Å². The van der Waals surface area contributed by atoms with Crippen molar-refractivity contribution in [3.05, 3.63) is 70.8 Å². The van der Waals surface area contributed by atoms with Crippen LogP contribution in [0.25, 0.3) is 0 Å². The predicted octanol–water partition coefficient (Wildman–Crippen LogP) is 6.73. The largest absolute Gasteiger partial charge is 0.0998 e. The third-order valence-corrected chi connectivity index (χ3v) is 4.53. The van der Waals surface area contributed by atoms with Gasteiger partial charge in [0.1, 0.15) is 0 Å². The number of hydrogen-bond donors (Lipinski definition) is 0. The quantitative estimate of drug-likeness (QED) is 0.551. The van der Waals surface area contributed by atoms with Crippen molar-refractivity contribution < 1.29 is 0 Å². The van der Waals surface area contributed by atoms with Crippen molar-refractivity contribution in [1.82, 2.24) is 0 Å². The Morgan fingerprint density at radius 2 is 1.71 bits per heavy atom. The number of allylic oxidation sites excluding steroid dienone is 1. The molecule has 110 valence electrons. The Hall–Kier alpha value is -1.18. The van der Waals surface area contributed by atoms with Crippen LogP contribution in [0.15, 0.2) is 64.4 Å². The molecule has 0 aliphatic heterocycles. The lowest BCUT2D eigenvalue weighted by molar-refractivity contribution is 0.842. The summed E-state index contributed by atoms with van der Waals surface area (Å²) in [5.41, 5.74) is 4.00. The Morgan fingerprint density at radius 1 is 1.10 bits per heavy atom. The van der Waals surface area contributed by atoms with Gasteiger partial charge in [-0.3, -0.25) is 0 Å². The van der Waals surface area contributed by atoms with Crippen LogP contribution in [0.1, 0.15) is 37.8 Å². The maximum Gasteiger partial charge on any atom is 0.0406 e. The number of hydrogen-bond acceptors (Lipinski definition) is 1. The number of benzene rings is 2. The first-order valence-electron chi connectivity index (χ1n) is 7.16. The average molecular weight is 317 g/mol. The SMILES string of the molecule is C=C(C)Cc1ccc(Sc2ccc(Cl)cc2)cc1C(C)C. The molecule has 0 radical (unpaired) electrons. The zero-order chi connectivity index (χ0) is 15.4. The maximum atomic E-state index is 5.93. The van der Waals surface area contributed by atoms with Gasteiger partial charge in [-0.2, -0.15) is 0 Å². The summed E-state index contributed by atoms with van der Waals surface area (Å²) in [4.78, 5) is 2.48. The minimum absolute atomic E-state index is 0.519. The molecule has 0 spiro atoms. The van der Waals surface area contributed by atoms with Gasteiger partial charge in [-0.05, 0) is 66.8 Å². The zero-order valence-electron chi connectivity index (χ0n) is 12.8. The summed E-state index contributed by atoms with van der Waals surface area (Å²) in [5, 5.41) is 0.777. The molecule has 2 aromatic rings. The molecule has 0 fully saturated rings. The molecule has 0 saturated heterocycles. The molecule has 0 amide bonds. The molecule has 2 rings (SSSR count). The van der Waals surface area contributed by atoms with Crippen LogP contribution in [0.4, 0.5) is 0 Å². The van der Waals surface area contributed by atoms with E-state index in [4.69, 9.17) is 11.6 Å². The second kappa shape index (κ2) is 7.20. The topological polar surface area (TPSA) is 0 Å². The maximum absolute atomic E-state index is 5.93. The van der Waals surface area contributed by atoms with Crippen molar-refractivity contribution in [1.29, 1.82) is 0 Å². The van der Waals surface area contributed by atoms with E-state index in [1.165, 1.54) is 26.5 Å². The summed E-state index contributed by atoms with van der Waals surface area (Å²) < 4.78 is 0. The van der Waals surface area contributed by atoms with E-state index >= 15 is 0 Å². The molecule has 0 heterocycles. The number of rotatable bonds is 5. The van der Waals surface area contributed by atoms with E-state index < -0.39 is 0 Å². The molecule has 0 bridgehead atoms. The number of halogens is 1. The lowest BCUT2D eigenvalue weighted by atomic mass is 9.94. The zero-order valence-corrected chi connectivity index (χ0v) is 14.4. The standard InChI is InChI=1S/C19H21ClS/c1-13(2)11-15-5-8-18(12-19(15)14(3)4)21-17-9-6-16(20)7-10-17/h5-10,12,14H,1,11H2,2-4H3. The molecule has 0 aliphatic rings. The lowest BCUT2D eigenvalue weighted by Crippen LogP contribution is -1.97. The second-order valence-electron chi connectivity index (χ2n) is 5.71. The Morgan fingerprint density at radius 3 is 2.29 bits per heavy atom. The molecular weight excluding hydrogens is 296 g/mol. The van der Waals surface area contributed by atoms with Crippen molar-refractivity contribution >= 4 is 23.4 Å². The van der Waals surface area contributed by atoms with Crippen LogP contribution in [-0.4, -0.2) is 0 Å². The van der Waals surface area contributed by atoms with E-state index in [0.29, 0.717) is 5.92 Å². The van der Waals surface area contributed by atoms with Gasteiger partial charge >= 0.3 is 0 Å². The summed E-state index contributed by atoms with van der Waals surface area (Å²) in [6, 6.07) is 14.7. The molecule has 0 N–H and O–H groups in total. The highest BCUT2D eigenvalue weighted by molar-refractivity contribution is 7.99. The first-order valence-corrected chi connectivity index (χ1v) is 8.36. The first-order chi connectivity index (χ1) is 9.95. The van der Waals surface area contributed by atoms with Crippen LogP contribution in [0.3, 0.4) is 0 Å². The highest BCUT2D eigenvalue weighted by Crippen LogP contribution is 2.32. The Labute approximate surface area is 137 Å². The molecular formula is C19H21ClS. The lowest BCUT2D eigenvalue weighted by Gasteiger charge is -2.15. The monoisotopic (exact) mass is 316 g/mol. The van der Waals surface area contributed by atoms with Crippen LogP contribution in [0.2, 0.25) is 5.02 Å². The van der Waals surface area contributed by atoms with E-state index in [9.17, 15) is 0 Å². The fourth-order valence-electron chi connectivity index (χ4n) is 2.30. The first kappa shape index (κ1) is 16.2. The van der Waals surface area contributed by atoms with E-state index in [-0.39, 0.29) is 0 Å². The summed E-state index contributed by atoms with van der Waals surface area (Å²) in [5.74, 6) is 0.519. The summed E-state index contributed by atoms with van der Waals surface area (Å²) in [7, 11) is 0. The van der Waals surface area contributed by atoms with E-state index in [1.54, 1.807) is 11.8 Å². The van der Waals surface area contributed by atoms with Gasteiger partial charge in [-0.25, -0.2) is 0 Å². The van der Waals surface area contributed by atoms with Crippen molar-refractivity contribution in [3.63, 3.8) is 0 Å². The van der Waals surface area contributed by atoms with Crippen LogP contribution >= 0.6 is 23.4 Å².